The summed E-state index contributed by atoms with van der Waals surface area (Å²) in [6.07, 6.45) is 4.00. The summed E-state index contributed by atoms with van der Waals surface area (Å²) in [7, 11) is 0. The van der Waals surface area contributed by atoms with E-state index in [4.69, 9.17) is 5.26 Å². The van der Waals surface area contributed by atoms with Gasteiger partial charge in [-0.05, 0) is 32.1 Å². The first kappa shape index (κ1) is 13.6. The molecule has 2 heterocycles. The summed E-state index contributed by atoms with van der Waals surface area (Å²) in [4.78, 5) is 24.9. The van der Waals surface area contributed by atoms with Gasteiger partial charge in [0.15, 0.2) is 0 Å². The third-order valence-electron chi connectivity index (χ3n) is 4.44. The lowest BCUT2D eigenvalue weighted by Gasteiger charge is -2.45. The number of nitriles is 1. The van der Waals surface area contributed by atoms with Crippen molar-refractivity contribution in [1.82, 2.24) is 4.90 Å². The molecule has 2 fully saturated rings. The molecule has 5 heteroatoms. The molecule has 3 unspecified atom stereocenters. The van der Waals surface area contributed by atoms with Gasteiger partial charge in [-0.3, -0.25) is 9.69 Å². The van der Waals surface area contributed by atoms with E-state index in [0.717, 1.165) is 12.8 Å². The summed E-state index contributed by atoms with van der Waals surface area (Å²) in [6, 6.07) is 1.81. The van der Waals surface area contributed by atoms with Crippen LogP contribution in [-0.2, 0) is 4.79 Å². The van der Waals surface area contributed by atoms with Gasteiger partial charge in [0.2, 0.25) is 0 Å². The minimum absolute atomic E-state index is 0.0483. The molecule has 0 radical (unpaired) electrons. The maximum Gasteiger partial charge on any atom is 0.408 e. The molecule has 2 aliphatic heterocycles. The standard InChI is InChI=1S/C14H18N2O3/c1-2-5-14-6-3-11(16(14)13(18)19)8-10(9-14)12(17)4-7-15/h2,10-11H,1,3-6,8-9H2,(H,18,19). The summed E-state index contributed by atoms with van der Waals surface area (Å²) >= 11 is 0. The molecule has 2 rings (SSSR count). The maximum atomic E-state index is 11.9. The molecule has 5 nitrogen and oxygen atoms in total. The Hall–Kier alpha value is -1.83. The summed E-state index contributed by atoms with van der Waals surface area (Å²) in [5.41, 5.74) is -0.480. The van der Waals surface area contributed by atoms with E-state index in [2.05, 4.69) is 6.58 Å². The predicted octanol–water partition coefficient (Wildman–Crippen LogP) is 2.34. The number of ketones is 1. The van der Waals surface area contributed by atoms with Crippen LogP contribution in [0.1, 0.15) is 38.5 Å². The molecule has 2 bridgehead atoms. The van der Waals surface area contributed by atoms with E-state index < -0.39 is 11.6 Å². The van der Waals surface area contributed by atoms with Gasteiger partial charge in [0, 0.05) is 12.0 Å². The molecular formula is C14H18N2O3. The van der Waals surface area contributed by atoms with Gasteiger partial charge in [-0.2, -0.15) is 5.26 Å². The summed E-state index contributed by atoms with van der Waals surface area (Å²) in [5.74, 6) is -0.226. The van der Waals surface area contributed by atoms with Crippen LogP contribution < -0.4 is 0 Å². The fraction of sp³-hybridized carbons (Fsp3) is 0.643. The third kappa shape index (κ3) is 2.23. The van der Waals surface area contributed by atoms with Gasteiger partial charge in [0.1, 0.15) is 5.78 Å². The lowest BCUT2D eigenvalue weighted by Crippen LogP contribution is -2.55. The van der Waals surface area contributed by atoms with E-state index in [-0.39, 0.29) is 24.2 Å². The van der Waals surface area contributed by atoms with Crippen LogP contribution in [0, 0.1) is 17.2 Å². The van der Waals surface area contributed by atoms with Crippen molar-refractivity contribution in [2.45, 2.75) is 50.1 Å². The first-order chi connectivity index (χ1) is 9.04. The molecule has 0 aromatic carbocycles. The SMILES string of the molecule is C=CCC12CCC(CC(C(=O)CC#N)C1)N2C(=O)O. The van der Waals surface area contributed by atoms with Crippen molar-refractivity contribution in [3.8, 4) is 6.07 Å². The molecule has 1 N–H and O–H groups in total. The number of nitrogens with zero attached hydrogens (tertiary/aromatic N) is 2. The van der Waals surface area contributed by atoms with Gasteiger partial charge in [-0.25, -0.2) is 4.79 Å². The minimum Gasteiger partial charge on any atom is -0.465 e. The highest BCUT2D eigenvalue weighted by Gasteiger charge is 2.54. The van der Waals surface area contributed by atoms with Gasteiger partial charge in [-0.15, -0.1) is 6.58 Å². The van der Waals surface area contributed by atoms with Crippen LogP contribution in [0.2, 0.25) is 0 Å². The number of amides is 1. The summed E-state index contributed by atoms with van der Waals surface area (Å²) in [5, 5.41) is 18.0. The van der Waals surface area contributed by atoms with E-state index in [1.165, 1.54) is 4.90 Å². The van der Waals surface area contributed by atoms with Crippen LogP contribution in [0.4, 0.5) is 4.79 Å². The Morgan fingerprint density at radius 2 is 2.32 bits per heavy atom. The minimum atomic E-state index is -0.907. The van der Waals surface area contributed by atoms with E-state index in [9.17, 15) is 14.7 Å². The van der Waals surface area contributed by atoms with Crippen LogP contribution >= 0.6 is 0 Å². The third-order valence-corrected chi connectivity index (χ3v) is 4.44. The largest absolute Gasteiger partial charge is 0.465 e. The lowest BCUT2D eigenvalue weighted by atomic mass is 9.77. The number of fused-ring (bicyclic) bond motifs is 2. The number of piperidine rings is 1. The zero-order valence-corrected chi connectivity index (χ0v) is 10.8. The van der Waals surface area contributed by atoms with Gasteiger partial charge in [-0.1, -0.05) is 6.08 Å². The summed E-state index contributed by atoms with van der Waals surface area (Å²) in [6.45, 7) is 3.71. The topological polar surface area (TPSA) is 81.4 Å². The number of hydrogen-bond acceptors (Lipinski definition) is 3. The van der Waals surface area contributed by atoms with Crippen molar-refractivity contribution in [3.63, 3.8) is 0 Å². The molecule has 0 aliphatic carbocycles. The molecule has 1 amide bonds. The number of rotatable bonds is 4. The van der Waals surface area contributed by atoms with Gasteiger partial charge < -0.3 is 5.11 Å². The number of hydrogen-bond donors (Lipinski definition) is 1. The number of carboxylic acid groups (broad SMARTS) is 1. The Labute approximate surface area is 112 Å². The second-order valence-corrected chi connectivity index (χ2v) is 5.50. The average molecular weight is 262 g/mol. The molecule has 3 atom stereocenters. The Morgan fingerprint density at radius 1 is 1.58 bits per heavy atom. The Balaban J connectivity index is 2.25. The van der Waals surface area contributed by atoms with Gasteiger partial charge in [0.05, 0.1) is 18.0 Å². The molecule has 2 saturated heterocycles. The van der Waals surface area contributed by atoms with Crippen molar-refractivity contribution in [3.05, 3.63) is 12.7 Å². The van der Waals surface area contributed by atoms with Crippen LogP contribution in [0.5, 0.6) is 0 Å². The fourth-order valence-corrected chi connectivity index (χ4v) is 3.75. The highest BCUT2D eigenvalue weighted by molar-refractivity contribution is 5.83. The van der Waals surface area contributed by atoms with E-state index in [1.807, 2.05) is 6.07 Å². The van der Waals surface area contributed by atoms with E-state index >= 15 is 0 Å². The number of carbonyl (C=O) groups is 2. The van der Waals surface area contributed by atoms with Crippen molar-refractivity contribution < 1.29 is 14.7 Å². The van der Waals surface area contributed by atoms with E-state index in [1.54, 1.807) is 6.08 Å². The first-order valence-electron chi connectivity index (χ1n) is 6.57. The average Bonchev–Trinajstić information content (AvgIpc) is 2.58. The second-order valence-electron chi connectivity index (χ2n) is 5.50. The summed E-state index contributed by atoms with van der Waals surface area (Å²) < 4.78 is 0. The Kier molecular flexibility index (Phi) is 3.61. The predicted molar refractivity (Wildman–Crippen MR) is 68.4 cm³/mol. The zero-order valence-electron chi connectivity index (χ0n) is 10.8. The van der Waals surface area contributed by atoms with Gasteiger partial charge in [0.25, 0.3) is 0 Å². The second kappa shape index (κ2) is 5.04. The smallest absolute Gasteiger partial charge is 0.408 e. The molecule has 0 spiro atoms. The van der Waals surface area contributed by atoms with Crippen LogP contribution in [0.3, 0.4) is 0 Å². The normalized spacial score (nSPS) is 32.7. The fourth-order valence-electron chi connectivity index (χ4n) is 3.75. The molecule has 0 saturated carbocycles. The maximum absolute atomic E-state index is 11.9. The van der Waals surface area contributed by atoms with Crippen molar-refractivity contribution >= 4 is 11.9 Å². The molecule has 2 aliphatic rings. The van der Waals surface area contributed by atoms with Crippen LogP contribution in [0.25, 0.3) is 0 Å². The van der Waals surface area contributed by atoms with Crippen molar-refractivity contribution in [1.29, 1.82) is 5.26 Å². The lowest BCUT2D eigenvalue weighted by molar-refractivity contribution is -0.125. The van der Waals surface area contributed by atoms with E-state index in [0.29, 0.717) is 19.3 Å². The van der Waals surface area contributed by atoms with Crippen LogP contribution in [0.15, 0.2) is 12.7 Å². The van der Waals surface area contributed by atoms with Crippen molar-refractivity contribution in [2.75, 3.05) is 0 Å². The molecule has 0 aromatic heterocycles. The highest BCUT2D eigenvalue weighted by atomic mass is 16.4. The van der Waals surface area contributed by atoms with Crippen molar-refractivity contribution in [2.24, 2.45) is 5.92 Å². The number of Topliss-reactive ketones (excluding diaryl/α,β-unsaturated/α-hetero) is 1. The van der Waals surface area contributed by atoms with Crippen LogP contribution in [-0.4, -0.2) is 33.5 Å². The highest BCUT2D eigenvalue weighted by Crippen LogP contribution is 2.48. The molecule has 19 heavy (non-hydrogen) atoms. The molecule has 0 aromatic rings. The molecule has 102 valence electrons. The Morgan fingerprint density at radius 3 is 2.89 bits per heavy atom. The quantitative estimate of drug-likeness (QED) is 0.788. The molecular weight excluding hydrogens is 244 g/mol. The Bertz CT molecular complexity index is 454. The van der Waals surface area contributed by atoms with Gasteiger partial charge >= 0.3 is 6.09 Å². The number of carbonyl (C=O) groups excluding carboxylic acids is 1. The monoisotopic (exact) mass is 262 g/mol. The first-order valence-corrected chi connectivity index (χ1v) is 6.57. The zero-order chi connectivity index (χ0) is 14.0.